The fourth-order valence-electron chi connectivity index (χ4n) is 10.9. The lowest BCUT2D eigenvalue weighted by Crippen LogP contribution is -2.59. The van der Waals surface area contributed by atoms with Crippen molar-refractivity contribution in [1.82, 2.24) is 34.8 Å². The molecule has 0 saturated carbocycles. The number of para-hydroxylation sites is 1. The maximum atomic E-state index is 16.5. The Hall–Kier alpha value is -8.46. The van der Waals surface area contributed by atoms with Crippen molar-refractivity contribution in [2.75, 3.05) is 56.3 Å². The highest BCUT2D eigenvalue weighted by molar-refractivity contribution is 6.23. The molecule has 0 unspecified atom stereocenters. The van der Waals surface area contributed by atoms with E-state index in [1.54, 1.807) is 58.4 Å². The van der Waals surface area contributed by atoms with Crippen LogP contribution in [-0.2, 0) is 40.6 Å². The summed E-state index contributed by atoms with van der Waals surface area (Å²) in [5, 5.41) is 19.4. The van der Waals surface area contributed by atoms with E-state index in [9.17, 15) is 9.90 Å². The molecule has 4 aliphatic heterocycles. The Kier molecular flexibility index (Phi) is 11.9. The summed E-state index contributed by atoms with van der Waals surface area (Å²) in [6, 6.07) is 36.4. The van der Waals surface area contributed by atoms with Gasteiger partial charge in [-0.05, 0) is 70.8 Å². The van der Waals surface area contributed by atoms with E-state index in [4.69, 9.17) is 14.2 Å². The van der Waals surface area contributed by atoms with Crippen molar-refractivity contribution in [3.8, 4) is 17.6 Å². The smallest absolute Gasteiger partial charge is 0.421 e. The van der Waals surface area contributed by atoms with Gasteiger partial charge in [0.25, 0.3) is 0 Å². The number of esters is 1. The van der Waals surface area contributed by atoms with Crippen LogP contribution in [0, 0.1) is 17.8 Å². The lowest BCUT2D eigenvalue weighted by atomic mass is 9.65. The van der Waals surface area contributed by atoms with E-state index >= 15 is 14.4 Å². The molecule has 0 bridgehead atoms. The van der Waals surface area contributed by atoms with Crippen LogP contribution in [0.1, 0.15) is 46.0 Å². The zero-order valence-electron chi connectivity index (χ0n) is 38.5. The summed E-state index contributed by atoms with van der Waals surface area (Å²) in [4.78, 5) is 78.3. The molecular formula is C54H47N9O8. The standard InChI is InChI=1S/C54H47N9O8/c1-69-32-33-70-53(68)62-42-24-19-35(12-10-27-61-43-18-9-8-17-41(43)57-58-61)34-40(42)54(51(62)67)44(49(65)59-28-30-60(31-29-59)52-55-25-11-26-56-52)46-50(66)71-47(37-15-6-3-7-16-37)45(36-13-4-2-5-14-36)63(46)48(54)38-20-22-39(64)23-21-38/h2-9,11,13-26,34,44-48,64H,27-33H2,1H3/t44-,45-,46-,47+,48+,54-/m1/s1. The van der Waals surface area contributed by atoms with Gasteiger partial charge in [-0.25, -0.2) is 24.3 Å². The van der Waals surface area contributed by atoms with Crippen LogP contribution in [0.4, 0.5) is 16.4 Å². The van der Waals surface area contributed by atoms with Gasteiger partial charge in [0.05, 0.1) is 35.8 Å². The van der Waals surface area contributed by atoms with Crippen molar-refractivity contribution >= 4 is 46.5 Å². The second-order valence-electron chi connectivity index (χ2n) is 17.7. The molecule has 0 aliphatic carbocycles. The lowest BCUT2D eigenvalue weighted by molar-refractivity contribution is -0.179. The second-order valence-corrected chi connectivity index (χ2v) is 17.7. The Labute approximate surface area is 408 Å². The molecule has 5 aromatic carbocycles. The van der Waals surface area contributed by atoms with E-state index in [0.717, 1.165) is 21.5 Å². The first-order valence-electron chi connectivity index (χ1n) is 23.4. The zero-order valence-corrected chi connectivity index (χ0v) is 38.5. The minimum atomic E-state index is -2.04. The van der Waals surface area contributed by atoms with Crippen LogP contribution in [0.3, 0.4) is 0 Å². The molecule has 17 nitrogen and oxygen atoms in total. The Morgan fingerprint density at radius 2 is 1.49 bits per heavy atom. The van der Waals surface area contributed by atoms with Gasteiger partial charge in [0.15, 0.2) is 0 Å². The Balaban J connectivity index is 1.14. The van der Waals surface area contributed by atoms with Crippen molar-refractivity contribution in [3.05, 3.63) is 174 Å². The summed E-state index contributed by atoms with van der Waals surface area (Å²) in [5.74, 6) is 3.47. The SMILES string of the molecule is COCCOC(=O)N1C(=O)[C@@]2(c3cc(C#CCn4nnc5ccccc54)ccc31)[C@H](c1ccc(O)cc1)N1[C@H](c3ccccc3)[C@H](c3ccccc3)OC(=O)[C@H]1[C@@H]2C(=O)N1CCN(c2ncccn2)CC1. The second kappa shape index (κ2) is 18.8. The van der Waals surface area contributed by atoms with Crippen LogP contribution in [0.15, 0.2) is 146 Å². The van der Waals surface area contributed by atoms with Gasteiger partial charge in [0.1, 0.15) is 42.0 Å². The first kappa shape index (κ1) is 45.0. The van der Waals surface area contributed by atoms with Gasteiger partial charge in [0, 0.05) is 51.2 Å². The zero-order chi connectivity index (χ0) is 48.6. The number of phenolic OH excluding ortho intramolecular Hbond substituents is 1. The highest BCUT2D eigenvalue weighted by atomic mass is 16.6. The average Bonchev–Trinajstić information content (AvgIpc) is 4.05. The number of carbonyl (C=O) groups excluding carboxylic acids is 4. The summed E-state index contributed by atoms with van der Waals surface area (Å²) in [7, 11) is 1.47. The summed E-state index contributed by atoms with van der Waals surface area (Å²) in [5.41, 5.74) is 2.36. The minimum Gasteiger partial charge on any atom is -0.508 e. The highest BCUT2D eigenvalue weighted by Crippen LogP contribution is 2.66. The molecule has 4 aliphatic rings. The monoisotopic (exact) mass is 949 g/mol. The van der Waals surface area contributed by atoms with Gasteiger partial charge in [-0.1, -0.05) is 102 Å². The van der Waals surface area contributed by atoms with Crippen molar-refractivity contribution in [2.24, 2.45) is 5.92 Å². The fourth-order valence-corrected chi connectivity index (χ4v) is 10.9. The number of anilines is 2. The molecule has 71 heavy (non-hydrogen) atoms. The van der Waals surface area contributed by atoms with E-state index < -0.39 is 59.4 Å². The van der Waals surface area contributed by atoms with Gasteiger partial charge >= 0.3 is 12.1 Å². The topological polar surface area (TPSA) is 186 Å². The molecule has 6 heterocycles. The van der Waals surface area contributed by atoms with Crippen LogP contribution in [0.25, 0.3) is 11.0 Å². The number of imide groups is 1. The molecule has 11 rings (SSSR count). The number of ether oxygens (including phenoxy) is 3. The fraction of sp³-hybridized carbons (Fsp3) is 0.259. The van der Waals surface area contributed by atoms with Gasteiger partial charge in [-0.3, -0.25) is 19.3 Å². The van der Waals surface area contributed by atoms with Crippen molar-refractivity contribution in [2.45, 2.75) is 36.2 Å². The Bertz CT molecular complexity index is 3190. The largest absolute Gasteiger partial charge is 0.508 e. The summed E-state index contributed by atoms with van der Waals surface area (Å²) < 4.78 is 19.3. The van der Waals surface area contributed by atoms with Crippen molar-refractivity contribution in [1.29, 1.82) is 0 Å². The van der Waals surface area contributed by atoms with E-state index in [-0.39, 0.29) is 44.3 Å². The molecule has 2 aromatic heterocycles. The van der Waals surface area contributed by atoms with Crippen LogP contribution in [0.2, 0.25) is 0 Å². The van der Waals surface area contributed by atoms with E-state index in [0.29, 0.717) is 41.3 Å². The number of nitrogens with zero attached hydrogens (tertiary/aromatic N) is 9. The molecule has 1 spiro atoms. The van der Waals surface area contributed by atoms with Crippen molar-refractivity contribution in [3.63, 3.8) is 0 Å². The van der Waals surface area contributed by atoms with Crippen LogP contribution >= 0.6 is 0 Å². The summed E-state index contributed by atoms with van der Waals surface area (Å²) in [6.07, 6.45) is 1.41. The van der Waals surface area contributed by atoms with Crippen LogP contribution in [-0.4, -0.2) is 116 Å². The number of benzene rings is 5. The minimum absolute atomic E-state index is 0.0377. The molecule has 17 heteroatoms. The number of phenols is 1. The molecule has 356 valence electrons. The summed E-state index contributed by atoms with van der Waals surface area (Å²) in [6.45, 7) is 1.20. The number of fused-ring (bicyclic) bond motifs is 4. The molecule has 1 N–H and O–H groups in total. The Morgan fingerprint density at radius 3 is 2.23 bits per heavy atom. The molecule has 0 radical (unpaired) electrons. The third-order valence-electron chi connectivity index (χ3n) is 13.9. The third kappa shape index (κ3) is 7.77. The van der Waals surface area contributed by atoms with Gasteiger partial charge in [0.2, 0.25) is 17.8 Å². The molecule has 3 fully saturated rings. The quantitative estimate of drug-likeness (QED) is 0.104. The van der Waals surface area contributed by atoms with E-state index in [1.165, 1.54) is 19.2 Å². The third-order valence-corrected chi connectivity index (χ3v) is 13.9. The van der Waals surface area contributed by atoms with Crippen LogP contribution < -0.4 is 9.80 Å². The number of hydrogen-bond donors (Lipinski definition) is 1. The Morgan fingerprint density at radius 1 is 0.789 bits per heavy atom. The summed E-state index contributed by atoms with van der Waals surface area (Å²) >= 11 is 0. The maximum Gasteiger partial charge on any atom is 0.421 e. The normalized spacial score (nSPS) is 22.7. The predicted molar refractivity (Wildman–Crippen MR) is 258 cm³/mol. The number of amides is 3. The molecule has 7 aromatic rings. The number of carbonyl (C=O) groups is 4. The molecule has 6 atom stereocenters. The number of morpholine rings is 1. The molecular weight excluding hydrogens is 903 g/mol. The number of methoxy groups -OCH3 is 1. The van der Waals surface area contributed by atoms with E-state index in [2.05, 4.69) is 32.1 Å². The molecule has 3 amide bonds. The number of aromatic nitrogens is 5. The van der Waals surface area contributed by atoms with Gasteiger partial charge in [-0.15, -0.1) is 5.10 Å². The number of cyclic esters (lactones) is 1. The lowest BCUT2D eigenvalue weighted by Gasteiger charge is -2.46. The number of rotatable bonds is 9. The first-order chi connectivity index (χ1) is 34.8. The maximum absolute atomic E-state index is 16.5. The highest BCUT2D eigenvalue weighted by Gasteiger charge is 2.76. The molecule has 3 saturated heterocycles. The number of hydrogen-bond acceptors (Lipinski definition) is 14. The number of piperazine rings is 1. The van der Waals surface area contributed by atoms with Gasteiger partial charge < -0.3 is 29.1 Å². The number of aromatic hydroxyl groups is 1. The van der Waals surface area contributed by atoms with Crippen LogP contribution in [0.5, 0.6) is 5.75 Å². The van der Waals surface area contributed by atoms with Crippen molar-refractivity contribution < 1.29 is 38.5 Å². The van der Waals surface area contributed by atoms with E-state index in [1.807, 2.05) is 94.7 Å². The first-order valence-corrected chi connectivity index (χ1v) is 23.4. The predicted octanol–water partition coefficient (Wildman–Crippen LogP) is 5.78. The van der Waals surface area contributed by atoms with Gasteiger partial charge in [-0.2, -0.15) is 0 Å². The average molecular weight is 950 g/mol.